The predicted molar refractivity (Wildman–Crippen MR) is 106 cm³/mol. The number of para-hydroxylation sites is 2. The number of rotatable bonds is 12. The molecule has 0 aromatic heterocycles. The molecular weight excluding hydrogens is 352 g/mol. The minimum Gasteiger partial charge on any atom is -0.492 e. The Morgan fingerprint density at radius 2 is 1.92 bits per heavy atom. The molecule has 0 aliphatic carbocycles. The van der Waals surface area contributed by atoms with Crippen LogP contribution in [0.5, 0.6) is 5.75 Å². The molecule has 26 heavy (non-hydrogen) atoms. The highest BCUT2D eigenvalue weighted by Crippen LogP contribution is 2.29. The summed E-state index contributed by atoms with van der Waals surface area (Å²) in [4.78, 5) is 12.4. The van der Waals surface area contributed by atoms with Crippen LogP contribution in [0.4, 0.5) is 5.69 Å². The minimum absolute atomic E-state index is 0.257. The van der Waals surface area contributed by atoms with E-state index in [0.717, 1.165) is 36.2 Å². The Hall–Kier alpha value is -1.76. The molecule has 1 N–H and O–H groups in total. The van der Waals surface area contributed by atoms with Crippen LogP contribution in [0.15, 0.2) is 24.3 Å². The van der Waals surface area contributed by atoms with Crippen molar-refractivity contribution in [3.8, 4) is 5.75 Å². The predicted octanol–water partition coefficient (Wildman–Crippen LogP) is 3.18. The highest BCUT2D eigenvalue weighted by atomic mass is 32.2. The van der Waals surface area contributed by atoms with Gasteiger partial charge in [-0.2, -0.15) is 0 Å². The molecule has 148 valence electrons. The number of hydrogen-bond donors (Lipinski definition) is 1. The summed E-state index contributed by atoms with van der Waals surface area (Å²) in [7, 11) is -3.62. The molecule has 0 bridgehead atoms. The van der Waals surface area contributed by atoms with Crippen LogP contribution in [0, 0.1) is 5.92 Å². The van der Waals surface area contributed by atoms with E-state index in [0.29, 0.717) is 30.5 Å². The van der Waals surface area contributed by atoms with Crippen molar-refractivity contribution in [3.05, 3.63) is 24.3 Å². The van der Waals surface area contributed by atoms with E-state index in [1.165, 1.54) is 0 Å². The second-order valence-corrected chi connectivity index (χ2v) is 8.30. The highest BCUT2D eigenvalue weighted by Gasteiger charge is 2.24. The van der Waals surface area contributed by atoms with E-state index in [2.05, 4.69) is 19.2 Å². The number of nitrogens with zero attached hydrogens (tertiary/aromatic N) is 1. The van der Waals surface area contributed by atoms with Gasteiger partial charge in [-0.3, -0.25) is 9.10 Å². The van der Waals surface area contributed by atoms with Crippen LogP contribution in [-0.2, 0) is 14.8 Å². The molecule has 0 heterocycles. The summed E-state index contributed by atoms with van der Waals surface area (Å²) in [5, 5.41) is 2.88. The number of carbonyl (C=O) groups is 1. The lowest BCUT2D eigenvalue weighted by atomic mass is 9.99. The quantitative estimate of drug-likeness (QED) is 0.600. The standard InChI is InChI=1S/C19H32N2O4S/c1-5-8-11-16(6-2)14-20-19(22)15-21(26(4,23)24)17-12-9-10-13-18(17)25-7-3/h9-10,12-13,16H,5-8,11,14-15H2,1-4H3,(H,20,22). The molecule has 0 radical (unpaired) electrons. The normalized spacial score (nSPS) is 12.5. The molecule has 0 aliphatic rings. The van der Waals surface area contributed by atoms with Gasteiger partial charge in [0.2, 0.25) is 15.9 Å². The molecule has 6 nitrogen and oxygen atoms in total. The van der Waals surface area contributed by atoms with Crippen LogP contribution in [0.2, 0.25) is 0 Å². The third-order valence-corrected chi connectivity index (χ3v) is 5.38. The average Bonchev–Trinajstić information content (AvgIpc) is 2.60. The number of nitrogens with one attached hydrogen (secondary N) is 1. The van der Waals surface area contributed by atoms with Crippen LogP contribution in [0.25, 0.3) is 0 Å². The summed E-state index contributed by atoms with van der Waals surface area (Å²) >= 11 is 0. The van der Waals surface area contributed by atoms with Gasteiger partial charge in [-0.1, -0.05) is 45.2 Å². The Morgan fingerprint density at radius 3 is 2.50 bits per heavy atom. The first-order valence-electron chi connectivity index (χ1n) is 9.29. The van der Waals surface area contributed by atoms with Crippen molar-refractivity contribution in [2.75, 3.05) is 30.3 Å². The Balaban J connectivity index is 2.85. The minimum atomic E-state index is -3.62. The van der Waals surface area contributed by atoms with E-state index in [9.17, 15) is 13.2 Å². The number of ether oxygens (including phenoxy) is 1. The summed E-state index contributed by atoms with van der Waals surface area (Å²) in [5.74, 6) is 0.556. The van der Waals surface area contributed by atoms with Gasteiger partial charge < -0.3 is 10.1 Å². The maximum absolute atomic E-state index is 12.4. The summed E-state index contributed by atoms with van der Waals surface area (Å²) in [6, 6.07) is 6.85. The van der Waals surface area contributed by atoms with Crippen molar-refractivity contribution >= 4 is 21.6 Å². The SMILES string of the molecule is CCCCC(CC)CNC(=O)CN(c1ccccc1OCC)S(C)(=O)=O. The van der Waals surface area contributed by atoms with Crippen LogP contribution in [0.1, 0.15) is 46.5 Å². The lowest BCUT2D eigenvalue weighted by molar-refractivity contribution is -0.119. The van der Waals surface area contributed by atoms with Gasteiger partial charge in [-0.05, 0) is 31.4 Å². The van der Waals surface area contributed by atoms with Gasteiger partial charge in [-0.15, -0.1) is 0 Å². The van der Waals surface area contributed by atoms with Crippen LogP contribution in [-0.4, -0.2) is 40.3 Å². The van der Waals surface area contributed by atoms with Crippen LogP contribution >= 0.6 is 0 Å². The molecule has 0 saturated carbocycles. The molecular formula is C19H32N2O4S. The number of sulfonamides is 1. The van der Waals surface area contributed by atoms with E-state index in [1.807, 2.05) is 6.92 Å². The van der Waals surface area contributed by atoms with E-state index in [1.54, 1.807) is 24.3 Å². The molecule has 1 rings (SSSR count). The fourth-order valence-electron chi connectivity index (χ4n) is 2.71. The van der Waals surface area contributed by atoms with Gasteiger partial charge in [0.05, 0.1) is 18.6 Å². The third-order valence-electron chi connectivity index (χ3n) is 4.25. The average molecular weight is 385 g/mol. The van der Waals surface area contributed by atoms with Crippen molar-refractivity contribution < 1.29 is 17.9 Å². The van der Waals surface area contributed by atoms with Gasteiger partial charge in [-0.25, -0.2) is 8.42 Å². The molecule has 1 aromatic rings. The number of amides is 1. The Morgan fingerprint density at radius 1 is 1.23 bits per heavy atom. The second-order valence-electron chi connectivity index (χ2n) is 6.39. The van der Waals surface area contributed by atoms with Crippen molar-refractivity contribution in [1.82, 2.24) is 5.32 Å². The zero-order valence-corrected chi connectivity index (χ0v) is 17.1. The van der Waals surface area contributed by atoms with Gasteiger partial charge >= 0.3 is 0 Å². The second kappa shape index (κ2) is 11.1. The third kappa shape index (κ3) is 7.23. The number of benzene rings is 1. The largest absolute Gasteiger partial charge is 0.492 e. The number of anilines is 1. The van der Waals surface area contributed by atoms with E-state index in [-0.39, 0.29) is 12.5 Å². The number of carbonyl (C=O) groups excluding carboxylic acids is 1. The highest BCUT2D eigenvalue weighted by molar-refractivity contribution is 7.92. The number of unbranched alkanes of at least 4 members (excludes halogenated alkanes) is 1. The van der Waals surface area contributed by atoms with E-state index in [4.69, 9.17) is 4.74 Å². The van der Waals surface area contributed by atoms with Crippen molar-refractivity contribution in [2.24, 2.45) is 5.92 Å². The van der Waals surface area contributed by atoms with Gasteiger partial charge in [0.25, 0.3) is 0 Å². The van der Waals surface area contributed by atoms with Crippen molar-refractivity contribution in [2.45, 2.75) is 46.5 Å². The molecule has 1 aromatic carbocycles. The smallest absolute Gasteiger partial charge is 0.240 e. The van der Waals surface area contributed by atoms with Gasteiger partial charge in [0, 0.05) is 6.54 Å². The maximum atomic E-state index is 12.4. The zero-order chi connectivity index (χ0) is 19.6. The summed E-state index contributed by atoms with van der Waals surface area (Å²) in [5.41, 5.74) is 0.380. The van der Waals surface area contributed by atoms with Gasteiger partial charge in [0.1, 0.15) is 12.3 Å². The molecule has 0 aliphatic heterocycles. The van der Waals surface area contributed by atoms with E-state index < -0.39 is 10.0 Å². The topological polar surface area (TPSA) is 75.7 Å². The fraction of sp³-hybridized carbons (Fsp3) is 0.632. The molecule has 1 unspecified atom stereocenters. The molecule has 1 amide bonds. The van der Waals surface area contributed by atoms with Crippen LogP contribution in [0.3, 0.4) is 0 Å². The summed E-state index contributed by atoms with van der Waals surface area (Å²) in [6.45, 7) is 6.80. The Kier molecular flexibility index (Phi) is 9.48. The fourth-order valence-corrected chi connectivity index (χ4v) is 3.57. The molecule has 7 heteroatoms. The first-order chi connectivity index (χ1) is 12.3. The maximum Gasteiger partial charge on any atom is 0.240 e. The first-order valence-corrected chi connectivity index (χ1v) is 11.1. The molecule has 0 spiro atoms. The number of hydrogen-bond acceptors (Lipinski definition) is 4. The Bertz CT molecular complexity index is 661. The van der Waals surface area contributed by atoms with E-state index >= 15 is 0 Å². The van der Waals surface area contributed by atoms with Crippen molar-refractivity contribution in [1.29, 1.82) is 0 Å². The molecule has 0 saturated heterocycles. The summed E-state index contributed by atoms with van der Waals surface area (Å²) < 4.78 is 31.1. The first kappa shape index (κ1) is 22.3. The molecule has 1 atom stereocenters. The lowest BCUT2D eigenvalue weighted by Gasteiger charge is -2.24. The van der Waals surface area contributed by atoms with Gasteiger partial charge in [0.15, 0.2) is 0 Å². The van der Waals surface area contributed by atoms with Crippen LogP contribution < -0.4 is 14.4 Å². The monoisotopic (exact) mass is 384 g/mol. The molecule has 0 fully saturated rings. The lowest BCUT2D eigenvalue weighted by Crippen LogP contribution is -2.41. The Labute approximate surface area is 158 Å². The van der Waals surface area contributed by atoms with Crippen molar-refractivity contribution in [3.63, 3.8) is 0 Å². The zero-order valence-electron chi connectivity index (χ0n) is 16.3. The summed E-state index contributed by atoms with van der Waals surface area (Å²) in [6.07, 6.45) is 5.41.